The van der Waals surface area contributed by atoms with E-state index in [1.165, 1.54) is 42.3 Å². The van der Waals surface area contributed by atoms with E-state index in [9.17, 15) is 18.0 Å². The molecule has 42 heavy (non-hydrogen) atoms. The molecule has 0 fully saturated rings. The second kappa shape index (κ2) is 13.9. The Morgan fingerprint density at radius 3 is 2.10 bits per heavy atom. The highest BCUT2D eigenvalue weighted by molar-refractivity contribution is 7.92. The van der Waals surface area contributed by atoms with Crippen LogP contribution in [0.5, 0.6) is 0 Å². The number of amides is 2. The SMILES string of the molecule is CNC(=O)C(Cc1ccccc1)N(Cc1cccc(C)c1)C(=O)CN(c1ccc(Cl)cc1Cl)S(=O)(=O)c1ccccc1. The van der Waals surface area contributed by atoms with Gasteiger partial charge >= 0.3 is 0 Å². The Kier molecular flexibility index (Phi) is 10.3. The average molecular weight is 625 g/mol. The largest absolute Gasteiger partial charge is 0.357 e. The maximum atomic E-state index is 14.3. The van der Waals surface area contributed by atoms with Crippen LogP contribution in [0.3, 0.4) is 0 Å². The van der Waals surface area contributed by atoms with Crippen LogP contribution in [0, 0.1) is 6.92 Å². The summed E-state index contributed by atoms with van der Waals surface area (Å²) in [6.07, 6.45) is 0.227. The van der Waals surface area contributed by atoms with Crippen LogP contribution < -0.4 is 9.62 Å². The summed E-state index contributed by atoms with van der Waals surface area (Å²) >= 11 is 12.6. The van der Waals surface area contributed by atoms with Gasteiger partial charge in [-0.3, -0.25) is 13.9 Å². The van der Waals surface area contributed by atoms with Crippen LogP contribution >= 0.6 is 23.2 Å². The maximum absolute atomic E-state index is 14.3. The minimum Gasteiger partial charge on any atom is -0.357 e. The highest BCUT2D eigenvalue weighted by Gasteiger charge is 2.35. The average Bonchev–Trinajstić information content (AvgIpc) is 2.98. The summed E-state index contributed by atoms with van der Waals surface area (Å²) in [5, 5.41) is 3.05. The van der Waals surface area contributed by atoms with Gasteiger partial charge in [0.25, 0.3) is 10.0 Å². The Bertz CT molecular complexity index is 1650. The molecule has 10 heteroatoms. The Morgan fingerprint density at radius 1 is 0.833 bits per heavy atom. The zero-order valence-electron chi connectivity index (χ0n) is 23.2. The number of likely N-dealkylation sites (N-methyl/N-ethyl adjacent to an activating group) is 1. The smallest absolute Gasteiger partial charge is 0.264 e. The third-order valence-corrected chi connectivity index (χ3v) is 9.05. The van der Waals surface area contributed by atoms with Crippen LogP contribution in [0.4, 0.5) is 5.69 Å². The molecule has 0 aromatic heterocycles. The zero-order chi connectivity index (χ0) is 30.3. The van der Waals surface area contributed by atoms with E-state index in [1.54, 1.807) is 18.2 Å². The van der Waals surface area contributed by atoms with E-state index in [4.69, 9.17) is 23.2 Å². The minimum atomic E-state index is -4.25. The molecule has 0 heterocycles. The number of hydrogen-bond donors (Lipinski definition) is 1. The van der Waals surface area contributed by atoms with Crippen molar-refractivity contribution >= 4 is 50.7 Å². The maximum Gasteiger partial charge on any atom is 0.264 e. The number of carbonyl (C=O) groups excluding carboxylic acids is 2. The summed E-state index contributed by atoms with van der Waals surface area (Å²) in [4.78, 5) is 29.0. The molecule has 0 spiro atoms. The van der Waals surface area contributed by atoms with Gasteiger partial charge in [0.1, 0.15) is 12.6 Å². The molecule has 4 aromatic rings. The molecule has 0 saturated carbocycles. The lowest BCUT2D eigenvalue weighted by molar-refractivity contribution is -0.139. The summed E-state index contributed by atoms with van der Waals surface area (Å²) in [6.45, 7) is 1.41. The second-order valence-electron chi connectivity index (χ2n) is 9.75. The molecular weight excluding hydrogens is 593 g/mol. The normalized spacial score (nSPS) is 11.9. The summed E-state index contributed by atoms with van der Waals surface area (Å²) in [6, 6.07) is 28.2. The Labute approximate surface area is 256 Å². The number of carbonyl (C=O) groups is 2. The number of nitrogens with one attached hydrogen (secondary N) is 1. The van der Waals surface area contributed by atoms with Crippen LogP contribution in [0.15, 0.2) is 108 Å². The third-order valence-electron chi connectivity index (χ3n) is 6.74. The highest BCUT2D eigenvalue weighted by atomic mass is 35.5. The summed E-state index contributed by atoms with van der Waals surface area (Å²) in [5.74, 6) is -0.951. The molecule has 0 saturated heterocycles. The molecule has 7 nitrogen and oxygen atoms in total. The van der Waals surface area contributed by atoms with Crippen molar-refractivity contribution in [3.63, 3.8) is 0 Å². The van der Waals surface area contributed by atoms with Gasteiger partial charge in [0.2, 0.25) is 11.8 Å². The van der Waals surface area contributed by atoms with E-state index < -0.39 is 28.5 Å². The summed E-state index contributed by atoms with van der Waals surface area (Å²) in [7, 11) is -2.74. The molecule has 0 aliphatic carbocycles. The van der Waals surface area contributed by atoms with Gasteiger partial charge in [-0.1, -0.05) is 102 Å². The van der Waals surface area contributed by atoms with Crippen LogP contribution in [0.25, 0.3) is 0 Å². The first-order chi connectivity index (χ1) is 20.1. The highest BCUT2D eigenvalue weighted by Crippen LogP contribution is 2.33. The fraction of sp³-hybridized carbons (Fsp3) is 0.188. The first kappa shape index (κ1) is 31.1. The molecule has 1 atom stereocenters. The molecule has 2 amide bonds. The monoisotopic (exact) mass is 623 g/mol. The molecule has 218 valence electrons. The van der Waals surface area contributed by atoms with Gasteiger partial charge in [-0.25, -0.2) is 8.42 Å². The van der Waals surface area contributed by atoms with E-state index in [-0.39, 0.29) is 34.5 Å². The number of anilines is 1. The zero-order valence-corrected chi connectivity index (χ0v) is 25.5. The van der Waals surface area contributed by atoms with Crippen LogP contribution in [-0.4, -0.2) is 44.8 Å². The number of hydrogen-bond acceptors (Lipinski definition) is 4. The molecule has 0 bridgehead atoms. The molecule has 0 aliphatic heterocycles. The van der Waals surface area contributed by atoms with Gasteiger partial charge in [-0.15, -0.1) is 0 Å². The fourth-order valence-electron chi connectivity index (χ4n) is 4.64. The molecule has 1 N–H and O–H groups in total. The number of halogens is 2. The van der Waals surface area contributed by atoms with Gasteiger partial charge in [0.05, 0.1) is 15.6 Å². The van der Waals surface area contributed by atoms with Gasteiger partial charge in [0, 0.05) is 25.0 Å². The van der Waals surface area contributed by atoms with Gasteiger partial charge < -0.3 is 10.2 Å². The topological polar surface area (TPSA) is 86.8 Å². The third kappa shape index (κ3) is 7.50. The molecule has 4 aromatic carbocycles. The number of aryl methyl sites for hydroxylation is 1. The van der Waals surface area contributed by atoms with Gasteiger partial charge in [0.15, 0.2) is 0 Å². The van der Waals surface area contributed by atoms with Crippen molar-refractivity contribution in [2.24, 2.45) is 0 Å². The van der Waals surface area contributed by atoms with Crippen molar-refractivity contribution in [1.82, 2.24) is 10.2 Å². The number of benzene rings is 4. The molecule has 4 rings (SSSR count). The predicted molar refractivity (Wildman–Crippen MR) is 167 cm³/mol. The number of sulfonamides is 1. The minimum absolute atomic E-state index is 0.0128. The summed E-state index contributed by atoms with van der Waals surface area (Å²) in [5.41, 5.74) is 2.73. The first-order valence-electron chi connectivity index (χ1n) is 13.2. The first-order valence-corrected chi connectivity index (χ1v) is 15.4. The van der Waals surface area contributed by atoms with E-state index in [0.717, 1.165) is 21.0 Å². The molecular formula is C32H31Cl2N3O4S. The standard InChI is InChI=1S/C32H31Cl2N3O4S/c1-23-10-9-13-25(18-23)21-36(30(32(39)35-2)19-24-11-5-3-6-12-24)31(38)22-37(29-17-16-26(33)20-28(29)34)42(40,41)27-14-7-4-8-15-27/h3-18,20,30H,19,21-22H2,1-2H3,(H,35,39). The van der Waals surface area contributed by atoms with Crippen LogP contribution in [-0.2, 0) is 32.6 Å². The predicted octanol–water partition coefficient (Wildman–Crippen LogP) is 5.88. The van der Waals surface area contributed by atoms with Gasteiger partial charge in [-0.2, -0.15) is 0 Å². The number of rotatable bonds is 11. The summed E-state index contributed by atoms with van der Waals surface area (Å²) < 4.78 is 28.9. The van der Waals surface area contributed by atoms with Crippen molar-refractivity contribution in [2.75, 3.05) is 17.9 Å². The van der Waals surface area contributed by atoms with Crippen molar-refractivity contribution in [3.05, 3.63) is 130 Å². The van der Waals surface area contributed by atoms with Crippen molar-refractivity contribution in [3.8, 4) is 0 Å². The van der Waals surface area contributed by atoms with E-state index in [1.807, 2.05) is 61.5 Å². The lowest BCUT2D eigenvalue weighted by atomic mass is 10.0. The lowest BCUT2D eigenvalue weighted by Crippen LogP contribution is -2.53. The fourth-order valence-corrected chi connectivity index (χ4v) is 6.66. The Hall–Kier alpha value is -3.85. The Morgan fingerprint density at radius 2 is 1.48 bits per heavy atom. The Balaban J connectivity index is 1.81. The van der Waals surface area contributed by atoms with Crippen molar-refractivity contribution in [2.45, 2.75) is 30.8 Å². The van der Waals surface area contributed by atoms with Crippen LogP contribution in [0.1, 0.15) is 16.7 Å². The van der Waals surface area contributed by atoms with E-state index in [0.29, 0.717) is 5.02 Å². The molecule has 0 radical (unpaired) electrons. The van der Waals surface area contributed by atoms with Crippen molar-refractivity contribution < 1.29 is 18.0 Å². The number of nitrogens with zero attached hydrogens (tertiary/aromatic N) is 2. The van der Waals surface area contributed by atoms with E-state index >= 15 is 0 Å². The molecule has 0 aliphatic rings. The lowest BCUT2D eigenvalue weighted by Gasteiger charge is -2.33. The second-order valence-corrected chi connectivity index (χ2v) is 12.5. The van der Waals surface area contributed by atoms with Gasteiger partial charge in [-0.05, 0) is 48.4 Å². The molecule has 1 unspecified atom stereocenters. The van der Waals surface area contributed by atoms with Crippen LogP contribution in [0.2, 0.25) is 10.0 Å². The quantitative estimate of drug-likeness (QED) is 0.226. The van der Waals surface area contributed by atoms with E-state index in [2.05, 4.69) is 5.32 Å². The van der Waals surface area contributed by atoms with Crippen molar-refractivity contribution in [1.29, 1.82) is 0 Å².